The third kappa shape index (κ3) is 6.79. The van der Waals surface area contributed by atoms with Crippen LogP contribution in [0.5, 0.6) is 11.5 Å². The van der Waals surface area contributed by atoms with Crippen LogP contribution in [0, 0.1) is 0 Å². The average molecular weight is 503 g/mol. The molecule has 3 aliphatic rings. The number of aliphatic hydroxyl groups is 1. The molecule has 0 unspecified atom stereocenters. The van der Waals surface area contributed by atoms with Crippen LogP contribution in [0.4, 0.5) is 0 Å². The second-order valence-electron chi connectivity index (χ2n) is 9.46. The van der Waals surface area contributed by atoms with Gasteiger partial charge in [-0.15, -0.1) is 0 Å². The Kier molecular flexibility index (Phi) is 9.64. The maximum absolute atomic E-state index is 11.1. The molecule has 2 aromatic carbocycles. The van der Waals surface area contributed by atoms with Gasteiger partial charge >= 0.3 is 0 Å². The lowest BCUT2D eigenvalue weighted by Gasteiger charge is -2.40. The highest BCUT2D eigenvalue weighted by molar-refractivity contribution is 7.59. The minimum Gasteiger partial charge on any atom is -0.497 e. The number of hydrogen-bond donors (Lipinski definition) is 1. The molecule has 0 bridgehead atoms. The SMILES string of the molecule is COc1cccc(C2(O)CCC3(CC2)OCCO3)c1.COc1cccc(C2CCC(=O)CC2)c1.S. The van der Waals surface area contributed by atoms with Gasteiger partial charge in [-0.2, -0.15) is 13.5 Å². The molecule has 2 aliphatic carbocycles. The van der Waals surface area contributed by atoms with E-state index in [2.05, 4.69) is 12.1 Å². The predicted octanol–water partition coefficient (Wildman–Crippen LogP) is 5.23. The van der Waals surface area contributed by atoms with Gasteiger partial charge in [-0.25, -0.2) is 0 Å². The molecule has 0 aromatic heterocycles. The molecule has 1 saturated heterocycles. The second-order valence-corrected chi connectivity index (χ2v) is 9.46. The van der Waals surface area contributed by atoms with Gasteiger partial charge in [0.1, 0.15) is 17.3 Å². The first-order chi connectivity index (χ1) is 16.5. The first-order valence-corrected chi connectivity index (χ1v) is 12.3. The van der Waals surface area contributed by atoms with Crippen LogP contribution < -0.4 is 9.47 Å². The van der Waals surface area contributed by atoms with Crippen molar-refractivity contribution in [2.24, 2.45) is 0 Å². The molecule has 3 fully saturated rings. The molecule has 0 amide bonds. The number of Topliss-reactive ketones (excluding diaryl/α,β-unsaturated/α-hetero) is 1. The Balaban J connectivity index is 0.000000195. The van der Waals surface area contributed by atoms with Crippen LogP contribution in [0.15, 0.2) is 48.5 Å². The number of benzene rings is 2. The molecule has 1 spiro atoms. The van der Waals surface area contributed by atoms with Gasteiger partial charge in [0.15, 0.2) is 5.79 Å². The van der Waals surface area contributed by atoms with Crippen molar-refractivity contribution >= 4 is 19.3 Å². The van der Waals surface area contributed by atoms with Crippen LogP contribution in [-0.4, -0.2) is 44.1 Å². The van der Waals surface area contributed by atoms with Gasteiger partial charge < -0.3 is 24.1 Å². The molecule has 1 heterocycles. The van der Waals surface area contributed by atoms with E-state index in [-0.39, 0.29) is 13.5 Å². The van der Waals surface area contributed by atoms with Gasteiger partial charge in [0.05, 0.1) is 33.0 Å². The van der Waals surface area contributed by atoms with E-state index in [4.69, 9.17) is 18.9 Å². The number of ketones is 1. The third-order valence-corrected chi connectivity index (χ3v) is 7.37. The van der Waals surface area contributed by atoms with E-state index in [1.54, 1.807) is 14.2 Å². The van der Waals surface area contributed by atoms with Gasteiger partial charge in [-0.3, -0.25) is 4.79 Å². The minimum absolute atomic E-state index is 0. The molecule has 192 valence electrons. The topological polar surface area (TPSA) is 74.2 Å². The third-order valence-electron chi connectivity index (χ3n) is 7.37. The molecular weight excluding hydrogens is 464 g/mol. The number of methoxy groups -OCH3 is 2. The van der Waals surface area contributed by atoms with Crippen molar-refractivity contribution in [1.29, 1.82) is 0 Å². The van der Waals surface area contributed by atoms with Crippen LogP contribution in [0.25, 0.3) is 0 Å². The first-order valence-electron chi connectivity index (χ1n) is 12.3. The fourth-order valence-electron chi connectivity index (χ4n) is 5.20. The highest BCUT2D eigenvalue weighted by Gasteiger charge is 2.46. The normalized spacial score (nSPS) is 20.9. The number of ether oxygens (including phenoxy) is 4. The van der Waals surface area contributed by atoms with Gasteiger partial charge in [-0.05, 0) is 67.0 Å². The van der Waals surface area contributed by atoms with E-state index in [0.717, 1.165) is 55.6 Å². The zero-order chi connectivity index (χ0) is 24.0. The second kappa shape index (κ2) is 12.3. The number of hydrogen-bond acceptors (Lipinski definition) is 6. The maximum atomic E-state index is 11.1. The summed E-state index contributed by atoms with van der Waals surface area (Å²) in [4.78, 5) is 11.1. The summed E-state index contributed by atoms with van der Waals surface area (Å²) in [6.07, 6.45) is 6.24. The van der Waals surface area contributed by atoms with Gasteiger partial charge in [-0.1, -0.05) is 24.3 Å². The molecule has 0 radical (unpaired) electrons. The molecule has 0 atom stereocenters. The molecule has 5 rings (SSSR count). The smallest absolute Gasteiger partial charge is 0.168 e. The summed E-state index contributed by atoms with van der Waals surface area (Å²) in [6.45, 7) is 1.33. The fraction of sp³-hybridized carbons (Fsp3) is 0.536. The van der Waals surface area contributed by atoms with Crippen molar-refractivity contribution < 1.29 is 28.8 Å². The zero-order valence-corrected chi connectivity index (χ0v) is 21.8. The molecule has 35 heavy (non-hydrogen) atoms. The fourth-order valence-corrected chi connectivity index (χ4v) is 5.20. The summed E-state index contributed by atoms with van der Waals surface area (Å²) in [6, 6.07) is 15.9. The van der Waals surface area contributed by atoms with E-state index in [1.165, 1.54) is 5.56 Å². The van der Waals surface area contributed by atoms with E-state index >= 15 is 0 Å². The van der Waals surface area contributed by atoms with E-state index < -0.39 is 11.4 Å². The molecule has 6 nitrogen and oxygen atoms in total. The summed E-state index contributed by atoms with van der Waals surface area (Å²) >= 11 is 0. The summed E-state index contributed by atoms with van der Waals surface area (Å²) in [5.74, 6) is 2.20. The van der Waals surface area contributed by atoms with Crippen molar-refractivity contribution in [3.8, 4) is 11.5 Å². The lowest BCUT2D eigenvalue weighted by molar-refractivity contribution is -0.204. The Morgan fingerprint density at radius 3 is 2.03 bits per heavy atom. The number of rotatable bonds is 4. The van der Waals surface area contributed by atoms with Crippen LogP contribution in [0.2, 0.25) is 0 Å². The lowest BCUT2D eigenvalue weighted by atomic mass is 9.77. The van der Waals surface area contributed by atoms with Gasteiger partial charge in [0.25, 0.3) is 0 Å². The number of carbonyl (C=O) groups is 1. The Hall–Kier alpha value is -2.06. The van der Waals surface area contributed by atoms with E-state index in [9.17, 15) is 9.90 Å². The van der Waals surface area contributed by atoms with Crippen molar-refractivity contribution in [3.63, 3.8) is 0 Å². The standard InChI is InChI=1S/C15H20O4.C13H16O2.H2S/c1-17-13-4-2-3-12(11-13)14(16)5-7-15(8-6-14)18-9-10-19-15;1-15-13-4-2-3-11(9-13)10-5-7-12(14)8-6-10;/h2-4,11,16H,5-10H2,1H3;2-4,9-10H,5-8H2,1H3;1H2. The Labute approximate surface area is 215 Å². The quantitative estimate of drug-likeness (QED) is 0.617. The molecule has 1 N–H and O–H groups in total. The molecule has 1 aliphatic heterocycles. The molecule has 7 heteroatoms. The van der Waals surface area contributed by atoms with Gasteiger partial charge in [0, 0.05) is 25.7 Å². The van der Waals surface area contributed by atoms with Gasteiger partial charge in [0.2, 0.25) is 0 Å². The Bertz CT molecular complexity index is 951. The van der Waals surface area contributed by atoms with E-state index in [0.29, 0.717) is 37.8 Å². The molecule has 2 aromatic rings. The van der Waals surface area contributed by atoms with Crippen LogP contribution in [0.3, 0.4) is 0 Å². The monoisotopic (exact) mass is 502 g/mol. The lowest BCUT2D eigenvalue weighted by Crippen LogP contribution is -2.42. The summed E-state index contributed by atoms with van der Waals surface area (Å²) in [7, 11) is 3.32. The zero-order valence-electron chi connectivity index (χ0n) is 20.8. The highest BCUT2D eigenvalue weighted by Crippen LogP contribution is 2.45. The highest BCUT2D eigenvalue weighted by atomic mass is 32.1. The molecular formula is C28H38O6S. The minimum atomic E-state index is -0.797. The maximum Gasteiger partial charge on any atom is 0.168 e. The van der Waals surface area contributed by atoms with Crippen molar-refractivity contribution in [3.05, 3.63) is 59.7 Å². The van der Waals surface area contributed by atoms with Crippen LogP contribution in [0.1, 0.15) is 68.4 Å². The van der Waals surface area contributed by atoms with Crippen LogP contribution in [-0.2, 0) is 19.9 Å². The van der Waals surface area contributed by atoms with Crippen molar-refractivity contribution in [1.82, 2.24) is 0 Å². The van der Waals surface area contributed by atoms with Crippen LogP contribution >= 0.6 is 13.5 Å². The van der Waals surface area contributed by atoms with Crippen molar-refractivity contribution in [2.75, 3.05) is 27.4 Å². The number of carbonyl (C=O) groups excluding carboxylic acids is 1. The first kappa shape index (κ1) is 27.5. The average Bonchev–Trinajstić information content (AvgIpc) is 3.35. The Morgan fingerprint density at radius 1 is 0.857 bits per heavy atom. The predicted molar refractivity (Wildman–Crippen MR) is 140 cm³/mol. The summed E-state index contributed by atoms with van der Waals surface area (Å²) < 4.78 is 21.8. The largest absolute Gasteiger partial charge is 0.497 e. The summed E-state index contributed by atoms with van der Waals surface area (Å²) in [5, 5.41) is 10.8. The summed E-state index contributed by atoms with van der Waals surface area (Å²) in [5.41, 5.74) is 1.43. The van der Waals surface area contributed by atoms with E-state index in [1.807, 2.05) is 36.4 Å². The Morgan fingerprint density at radius 2 is 1.43 bits per heavy atom. The van der Waals surface area contributed by atoms with Crippen molar-refractivity contribution in [2.45, 2.75) is 68.7 Å². The molecule has 2 saturated carbocycles.